The van der Waals surface area contributed by atoms with Crippen LogP contribution in [0.3, 0.4) is 0 Å². The summed E-state index contributed by atoms with van der Waals surface area (Å²) < 4.78 is 122. The van der Waals surface area contributed by atoms with E-state index in [2.05, 4.69) is 9.97 Å². The van der Waals surface area contributed by atoms with Gasteiger partial charge in [0.15, 0.2) is 0 Å². The standard InChI is InChI=1S/C26H21F9N4O3/c1-2-23(36)10-18(17-9-14(24(27,28)29)3-4-19(17)39(23)22(41)42)20-13(11-37-21(40)38-20)5-12-6-15(25(30,31)32)8-16(7-12)26(33,34)35/h3-4,6-9,11,18H,2,5,10,36H2,1H3,(H,41,42)(H,37,38,40)/t18-,23+/m0/s1. The van der Waals surface area contributed by atoms with E-state index in [1.807, 2.05) is 0 Å². The molecular weight excluding hydrogens is 587 g/mol. The van der Waals surface area contributed by atoms with Gasteiger partial charge in [0.2, 0.25) is 0 Å². The first kappa shape index (κ1) is 30.9. The second-order valence-electron chi connectivity index (χ2n) is 9.82. The van der Waals surface area contributed by atoms with Gasteiger partial charge in [0.05, 0.1) is 22.4 Å². The summed E-state index contributed by atoms with van der Waals surface area (Å²) in [6.07, 6.45) is -16.9. The van der Waals surface area contributed by atoms with Crippen molar-refractivity contribution in [2.75, 3.05) is 4.90 Å². The third kappa shape index (κ3) is 5.93. The summed E-state index contributed by atoms with van der Waals surface area (Å²) in [4.78, 5) is 31.0. The van der Waals surface area contributed by atoms with Crippen LogP contribution in [0.25, 0.3) is 0 Å². The van der Waals surface area contributed by atoms with Crippen molar-refractivity contribution in [1.29, 1.82) is 0 Å². The lowest BCUT2D eigenvalue weighted by Crippen LogP contribution is -2.61. The largest absolute Gasteiger partial charge is 0.465 e. The molecule has 1 aliphatic rings. The molecule has 2 aromatic carbocycles. The molecule has 0 aliphatic carbocycles. The Kier molecular flexibility index (Phi) is 7.59. The molecule has 0 fully saturated rings. The molecule has 0 bridgehead atoms. The Labute approximate surface area is 230 Å². The first-order valence-electron chi connectivity index (χ1n) is 12.1. The summed E-state index contributed by atoms with van der Waals surface area (Å²) in [5.41, 5.74) is -1.91. The average molecular weight is 608 g/mol. The van der Waals surface area contributed by atoms with Crippen LogP contribution >= 0.6 is 0 Å². The fraction of sp³-hybridized carbons (Fsp3) is 0.346. The molecule has 0 saturated carbocycles. The van der Waals surface area contributed by atoms with Gasteiger partial charge in [0.25, 0.3) is 0 Å². The van der Waals surface area contributed by atoms with Gasteiger partial charge in [-0.1, -0.05) is 6.92 Å². The molecule has 1 aliphatic heterocycles. The van der Waals surface area contributed by atoms with Gasteiger partial charge in [-0.25, -0.2) is 14.6 Å². The minimum atomic E-state index is -5.14. The molecule has 16 heteroatoms. The summed E-state index contributed by atoms with van der Waals surface area (Å²) in [6, 6.07) is 3.11. The maximum atomic E-state index is 13.7. The maximum Gasteiger partial charge on any atom is 0.416 e. The molecule has 3 aromatic rings. The van der Waals surface area contributed by atoms with E-state index in [-0.39, 0.29) is 35.0 Å². The molecule has 0 radical (unpaired) electrons. The number of anilines is 1. The Hall–Kier alpha value is -4.08. The molecule has 1 amide bonds. The topological polar surface area (TPSA) is 112 Å². The van der Waals surface area contributed by atoms with Crippen molar-refractivity contribution in [3.8, 4) is 0 Å². The van der Waals surface area contributed by atoms with E-state index in [1.165, 1.54) is 6.92 Å². The zero-order chi connectivity index (χ0) is 31.4. The lowest BCUT2D eigenvalue weighted by molar-refractivity contribution is -0.143. The van der Waals surface area contributed by atoms with Crippen LogP contribution in [0.4, 0.5) is 50.0 Å². The van der Waals surface area contributed by atoms with E-state index >= 15 is 0 Å². The number of nitrogens with two attached hydrogens (primary N) is 1. The zero-order valence-electron chi connectivity index (χ0n) is 21.4. The highest BCUT2D eigenvalue weighted by molar-refractivity contribution is 5.90. The number of hydrogen-bond acceptors (Lipinski definition) is 4. The second-order valence-corrected chi connectivity index (χ2v) is 9.82. The molecule has 226 valence electrons. The van der Waals surface area contributed by atoms with E-state index in [1.54, 1.807) is 0 Å². The lowest BCUT2D eigenvalue weighted by Gasteiger charge is -2.46. The minimum absolute atomic E-state index is 0.0521. The predicted octanol–water partition coefficient (Wildman–Crippen LogP) is 6.50. The predicted molar refractivity (Wildman–Crippen MR) is 130 cm³/mol. The number of rotatable bonds is 4. The van der Waals surface area contributed by atoms with Gasteiger partial charge in [0, 0.05) is 24.2 Å². The minimum Gasteiger partial charge on any atom is -0.465 e. The van der Waals surface area contributed by atoms with Crippen molar-refractivity contribution in [1.82, 2.24) is 9.97 Å². The zero-order valence-corrected chi connectivity index (χ0v) is 21.4. The van der Waals surface area contributed by atoms with Crippen molar-refractivity contribution >= 4 is 11.8 Å². The monoisotopic (exact) mass is 608 g/mol. The number of H-pyrrole nitrogens is 1. The molecule has 0 saturated heterocycles. The first-order valence-corrected chi connectivity index (χ1v) is 12.1. The lowest BCUT2D eigenvalue weighted by atomic mass is 9.77. The van der Waals surface area contributed by atoms with Gasteiger partial charge in [-0.15, -0.1) is 0 Å². The van der Waals surface area contributed by atoms with E-state index in [0.717, 1.165) is 12.3 Å². The number of aromatic amines is 1. The fourth-order valence-corrected chi connectivity index (χ4v) is 5.09. The average Bonchev–Trinajstić information content (AvgIpc) is 2.87. The SMILES string of the molecule is CC[C@]1(N)C[C@H](c2[nH]c(=O)ncc2Cc2cc(C(F)(F)F)cc(C(F)(F)F)c2)c2cc(C(F)(F)F)ccc2N1C(=O)O. The van der Waals surface area contributed by atoms with Crippen LogP contribution in [0.5, 0.6) is 0 Å². The third-order valence-electron chi connectivity index (χ3n) is 7.09. The van der Waals surface area contributed by atoms with Gasteiger partial charge in [0.1, 0.15) is 5.66 Å². The molecule has 0 unspecified atom stereocenters. The van der Waals surface area contributed by atoms with Crippen LogP contribution < -0.4 is 16.3 Å². The molecule has 42 heavy (non-hydrogen) atoms. The van der Waals surface area contributed by atoms with Crippen molar-refractivity contribution in [2.45, 2.75) is 56.3 Å². The summed E-state index contributed by atoms with van der Waals surface area (Å²) in [6.45, 7) is 1.51. The first-order chi connectivity index (χ1) is 19.2. The quantitative estimate of drug-likeness (QED) is 0.293. The van der Waals surface area contributed by atoms with Crippen LogP contribution in [0, 0.1) is 0 Å². The van der Waals surface area contributed by atoms with Gasteiger partial charge in [-0.05, 0) is 65.9 Å². The van der Waals surface area contributed by atoms with Gasteiger partial charge in [-0.2, -0.15) is 39.5 Å². The highest BCUT2D eigenvalue weighted by atomic mass is 19.4. The molecule has 1 aromatic heterocycles. The Morgan fingerprint density at radius 1 is 1.00 bits per heavy atom. The Morgan fingerprint density at radius 2 is 1.57 bits per heavy atom. The van der Waals surface area contributed by atoms with Crippen molar-refractivity contribution in [3.63, 3.8) is 0 Å². The number of amides is 1. The van der Waals surface area contributed by atoms with E-state index in [9.17, 15) is 54.2 Å². The van der Waals surface area contributed by atoms with Gasteiger partial charge < -0.3 is 15.8 Å². The highest BCUT2D eigenvalue weighted by Crippen LogP contribution is 2.48. The number of nitrogens with zero attached hydrogens (tertiary/aromatic N) is 2. The van der Waals surface area contributed by atoms with E-state index in [0.29, 0.717) is 29.2 Å². The van der Waals surface area contributed by atoms with Crippen LogP contribution in [-0.2, 0) is 24.9 Å². The Morgan fingerprint density at radius 3 is 2.07 bits per heavy atom. The number of hydrogen-bond donors (Lipinski definition) is 3. The highest BCUT2D eigenvalue weighted by Gasteiger charge is 2.46. The second kappa shape index (κ2) is 10.3. The smallest absolute Gasteiger partial charge is 0.416 e. The van der Waals surface area contributed by atoms with E-state index in [4.69, 9.17) is 5.73 Å². The van der Waals surface area contributed by atoms with E-state index < -0.39 is 77.0 Å². The maximum absolute atomic E-state index is 13.7. The number of carboxylic acid groups (broad SMARTS) is 1. The van der Waals surface area contributed by atoms with Crippen LogP contribution in [0.2, 0.25) is 0 Å². The van der Waals surface area contributed by atoms with Crippen LogP contribution in [-0.4, -0.2) is 26.8 Å². The molecule has 2 atom stereocenters. The number of fused-ring (bicyclic) bond motifs is 1. The van der Waals surface area contributed by atoms with Crippen LogP contribution in [0.15, 0.2) is 47.4 Å². The molecule has 2 heterocycles. The molecule has 0 spiro atoms. The van der Waals surface area contributed by atoms with Crippen molar-refractivity contribution < 1.29 is 49.4 Å². The summed E-state index contributed by atoms with van der Waals surface area (Å²) in [5.74, 6) is -1.26. The number of alkyl halides is 9. The number of nitrogens with one attached hydrogen (secondary N) is 1. The summed E-state index contributed by atoms with van der Waals surface area (Å²) in [7, 11) is 0. The Balaban J connectivity index is 1.95. The third-order valence-corrected chi connectivity index (χ3v) is 7.09. The molecule has 4 N–H and O–H groups in total. The fourth-order valence-electron chi connectivity index (χ4n) is 5.09. The number of halogens is 9. The molecule has 7 nitrogen and oxygen atoms in total. The number of aromatic nitrogens is 2. The molecular formula is C26H21F9N4O3. The number of carbonyl (C=O) groups is 1. The van der Waals surface area contributed by atoms with Crippen molar-refractivity contribution in [2.24, 2.45) is 5.73 Å². The summed E-state index contributed by atoms with van der Waals surface area (Å²) >= 11 is 0. The molecule has 4 rings (SSSR count). The van der Waals surface area contributed by atoms with Gasteiger partial charge >= 0.3 is 30.3 Å². The summed E-state index contributed by atoms with van der Waals surface area (Å²) in [5, 5.41) is 9.89. The normalized spacial score (nSPS) is 19.5. The van der Waals surface area contributed by atoms with Gasteiger partial charge in [-0.3, -0.25) is 4.90 Å². The van der Waals surface area contributed by atoms with Crippen molar-refractivity contribution in [3.05, 3.63) is 92.2 Å². The number of benzene rings is 2. The van der Waals surface area contributed by atoms with Crippen LogP contribution in [0.1, 0.15) is 64.8 Å². The Bertz CT molecular complexity index is 1550.